The van der Waals surface area contributed by atoms with E-state index < -0.39 is 0 Å². The molecule has 10 heteroatoms. The van der Waals surface area contributed by atoms with E-state index in [4.69, 9.17) is 14.5 Å². The van der Waals surface area contributed by atoms with Crippen molar-refractivity contribution in [3.05, 3.63) is 53.6 Å². The number of hydrazone groups is 1. The topological polar surface area (TPSA) is 108 Å². The van der Waals surface area contributed by atoms with Crippen molar-refractivity contribution >= 4 is 29.7 Å². The molecule has 2 aromatic carbocycles. The van der Waals surface area contributed by atoms with E-state index in [0.29, 0.717) is 36.8 Å². The van der Waals surface area contributed by atoms with Crippen molar-refractivity contribution in [3.63, 3.8) is 0 Å². The van der Waals surface area contributed by atoms with E-state index in [2.05, 4.69) is 48.5 Å². The van der Waals surface area contributed by atoms with Crippen LogP contribution >= 0.6 is 0 Å². The number of aromatic nitrogens is 3. The van der Waals surface area contributed by atoms with Crippen LogP contribution in [0, 0.1) is 0 Å². The minimum Gasteiger partial charge on any atom is -0.504 e. The van der Waals surface area contributed by atoms with Gasteiger partial charge < -0.3 is 24.4 Å². The number of morpholine rings is 1. The van der Waals surface area contributed by atoms with Crippen LogP contribution in [0.2, 0.25) is 0 Å². The summed E-state index contributed by atoms with van der Waals surface area (Å²) in [5, 5.41) is 14.1. The summed E-state index contributed by atoms with van der Waals surface area (Å²) in [6.45, 7) is 3.54. The van der Waals surface area contributed by atoms with Gasteiger partial charge in [0.1, 0.15) is 0 Å². The molecule has 34 heavy (non-hydrogen) atoms. The second kappa shape index (κ2) is 9.92. The van der Waals surface area contributed by atoms with Crippen LogP contribution in [0.4, 0.5) is 23.5 Å². The average molecular weight is 462 g/mol. The molecule has 0 spiro atoms. The zero-order valence-corrected chi connectivity index (χ0v) is 19.0. The first-order valence-corrected chi connectivity index (χ1v) is 11.3. The van der Waals surface area contributed by atoms with E-state index in [0.717, 1.165) is 43.7 Å². The minimum atomic E-state index is 0.0756. The number of fused-ring (bicyclic) bond motifs is 1. The molecule has 5 rings (SSSR count). The molecule has 1 saturated heterocycles. The van der Waals surface area contributed by atoms with Crippen LogP contribution in [0.3, 0.4) is 0 Å². The lowest BCUT2D eigenvalue weighted by molar-refractivity contribution is 0.122. The number of methoxy groups -OCH3 is 1. The van der Waals surface area contributed by atoms with Crippen molar-refractivity contribution in [1.29, 1.82) is 0 Å². The van der Waals surface area contributed by atoms with Crippen LogP contribution in [-0.4, -0.2) is 66.2 Å². The zero-order valence-electron chi connectivity index (χ0n) is 19.0. The number of nitrogens with one attached hydrogen (secondary N) is 1. The van der Waals surface area contributed by atoms with E-state index in [9.17, 15) is 5.11 Å². The Hall–Kier alpha value is -3.92. The number of phenolic OH excluding ortho intramolecular Hbond substituents is 1. The molecule has 0 bridgehead atoms. The summed E-state index contributed by atoms with van der Waals surface area (Å²) in [5.74, 6) is 2.00. The fraction of sp³-hybridized carbons (Fsp3) is 0.333. The second-order valence-electron chi connectivity index (χ2n) is 8.04. The lowest BCUT2D eigenvalue weighted by Crippen LogP contribution is -2.38. The lowest BCUT2D eigenvalue weighted by atomic mass is 10.0. The number of nitrogens with zero attached hydrogens (tertiary/aromatic N) is 6. The van der Waals surface area contributed by atoms with Crippen LogP contribution in [0.25, 0.3) is 0 Å². The Kier molecular flexibility index (Phi) is 6.39. The van der Waals surface area contributed by atoms with Gasteiger partial charge in [0, 0.05) is 25.3 Å². The number of aryl methyl sites for hydroxylation is 1. The third kappa shape index (κ3) is 4.72. The maximum absolute atomic E-state index is 9.79. The maximum Gasteiger partial charge on any atom is 0.250 e. The van der Waals surface area contributed by atoms with E-state index in [1.807, 2.05) is 6.07 Å². The fourth-order valence-electron chi connectivity index (χ4n) is 4.11. The number of hydrogen-bond acceptors (Lipinski definition) is 10. The van der Waals surface area contributed by atoms with Gasteiger partial charge >= 0.3 is 0 Å². The molecule has 1 aromatic heterocycles. The Bertz CT molecular complexity index is 1180. The summed E-state index contributed by atoms with van der Waals surface area (Å²) in [7, 11) is 1.51. The van der Waals surface area contributed by atoms with Gasteiger partial charge in [-0.1, -0.05) is 18.2 Å². The van der Waals surface area contributed by atoms with Crippen molar-refractivity contribution in [2.24, 2.45) is 5.10 Å². The Balaban J connectivity index is 1.45. The molecule has 0 atom stereocenters. The van der Waals surface area contributed by atoms with Crippen LogP contribution in [0.5, 0.6) is 11.5 Å². The van der Waals surface area contributed by atoms with Gasteiger partial charge in [-0.2, -0.15) is 20.1 Å². The molecule has 176 valence electrons. The monoisotopic (exact) mass is 461 g/mol. The summed E-state index contributed by atoms with van der Waals surface area (Å²) in [4.78, 5) is 18.4. The summed E-state index contributed by atoms with van der Waals surface area (Å²) >= 11 is 0. The van der Waals surface area contributed by atoms with E-state index in [1.54, 1.807) is 24.4 Å². The predicted molar refractivity (Wildman–Crippen MR) is 131 cm³/mol. The quantitative estimate of drug-likeness (QED) is 0.423. The van der Waals surface area contributed by atoms with E-state index in [1.165, 1.54) is 12.7 Å². The second-order valence-corrected chi connectivity index (χ2v) is 8.04. The number of rotatable bonds is 6. The first-order valence-electron chi connectivity index (χ1n) is 11.3. The van der Waals surface area contributed by atoms with Crippen LogP contribution in [0.15, 0.2) is 47.6 Å². The van der Waals surface area contributed by atoms with Gasteiger partial charge in [-0.3, -0.25) is 0 Å². The molecule has 3 aromatic rings. The summed E-state index contributed by atoms with van der Waals surface area (Å²) in [5.41, 5.74) is 6.12. The van der Waals surface area contributed by atoms with Crippen molar-refractivity contribution in [1.82, 2.24) is 15.0 Å². The standard InChI is InChI=1S/C24H27N7O3/c1-33-21-15-17(8-9-20(21)32)16-25-29-22-26-23(30-11-13-34-14-12-30)28-24(27-22)31-10-4-6-18-5-2-3-7-19(18)31/h2-3,5,7-9,15-16,32H,4,6,10-14H2,1H3,(H,26,27,28,29)/b25-16+. The molecule has 2 aliphatic rings. The number of phenols is 1. The number of ether oxygens (including phenoxy) is 2. The highest BCUT2D eigenvalue weighted by Crippen LogP contribution is 2.32. The average Bonchev–Trinajstić information content (AvgIpc) is 2.89. The third-order valence-corrected chi connectivity index (χ3v) is 5.84. The van der Waals surface area contributed by atoms with Crippen molar-refractivity contribution < 1.29 is 14.6 Å². The molecule has 0 radical (unpaired) electrons. The molecular formula is C24H27N7O3. The molecule has 0 unspecified atom stereocenters. The fourth-order valence-corrected chi connectivity index (χ4v) is 4.11. The first kappa shape index (κ1) is 21.9. The number of para-hydroxylation sites is 1. The normalized spacial score (nSPS) is 15.9. The van der Waals surface area contributed by atoms with Gasteiger partial charge in [0.2, 0.25) is 17.8 Å². The Morgan fingerprint density at radius 2 is 1.88 bits per heavy atom. The van der Waals surface area contributed by atoms with E-state index in [-0.39, 0.29) is 5.75 Å². The molecule has 1 fully saturated rings. The molecule has 2 N–H and O–H groups in total. The Labute approximate surface area is 197 Å². The minimum absolute atomic E-state index is 0.0756. The number of hydrogen-bond donors (Lipinski definition) is 2. The highest BCUT2D eigenvalue weighted by Gasteiger charge is 2.23. The molecule has 0 saturated carbocycles. The van der Waals surface area contributed by atoms with Crippen LogP contribution in [-0.2, 0) is 11.2 Å². The van der Waals surface area contributed by atoms with Crippen LogP contribution < -0.4 is 20.0 Å². The largest absolute Gasteiger partial charge is 0.504 e. The molecule has 3 heterocycles. The molecule has 10 nitrogen and oxygen atoms in total. The number of aromatic hydroxyl groups is 1. The number of benzene rings is 2. The van der Waals surface area contributed by atoms with E-state index >= 15 is 0 Å². The zero-order chi connectivity index (χ0) is 23.3. The Morgan fingerprint density at radius 3 is 2.74 bits per heavy atom. The van der Waals surface area contributed by atoms with Crippen LogP contribution in [0.1, 0.15) is 17.5 Å². The molecule has 0 aliphatic carbocycles. The van der Waals surface area contributed by atoms with Gasteiger partial charge in [-0.15, -0.1) is 0 Å². The molecule has 0 amide bonds. The molecular weight excluding hydrogens is 434 g/mol. The van der Waals surface area contributed by atoms with Crippen molar-refractivity contribution in [2.45, 2.75) is 12.8 Å². The van der Waals surface area contributed by atoms with Gasteiger partial charge in [-0.25, -0.2) is 5.43 Å². The highest BCUT2D eigenvalue weighted by atomic mass is 16.5. The Morgan fingerprint density at radius 1 is 1.06 bits per heavy atom. The van der Waals surface area contributed by atoms with Gasteiger partial charge in [0.05, 0.1) is 26.5 Å². The molecule has 2 aliphatic heterocycles. The summed E-state index contributed by atoms with van der Waals surface area (Å²) in [6, 6.07) is 13.4. The van der Waals surface area contributed by atoms with Gasteiger partial charge in [0.25, 0.3) is 0 Å². The predicted octanol–water partition coefficient (Wildman–Crippen LogP) is 2.95. The first-order chi connectivity index (χ1) is 16.7. The summed E-state index contributed by atoms with van der Waals surface area (Å²) in [6.07, 6.45) is 3.69. The SMILES string of the molecule is COc1cc(/C=N/Nc2nc(N3CCOCC3)nc(N3CCCc4ccccc43)n2)ccc1O. The van der Waals surface area contributed by atoms with Crippen molar-refractivity contribution in [2.75, 3.05) is 55.2 Å². The van der Waals surface area contributed by atoms with Crippen molar-refractivity contribution in [3.8, 4) is 11.5 Å². The highest BCUT2D eigenvalue weighted by molar-refractivity contribution is 5.81. The third-order valence-electron chi connectivity index (χ3n) is 5.84. The number of anilines is 4. The lowest BCUT2D eigenvalue weighted by Gasteiger charge is -2.31. The maximum atomic E-state index is 9.79. The van der Waals surface area contributed by atoms with Gasteiger partial charge in [0.15, 0.2) is 11.5 Å². The van der Waals surface area contributed by atoms with Gasteiger partial charge in [-0.05, 0) is 48.2 Å². The smallest absolute Gasteiger partial charge is 0.250 e. The summed E-state index contributed by atoms with van der Waals surface area (Å²) < 4.78 is 10.7.